The Kier molecular flexibility index (Phi) is 5.38. The van der Waals surface area contributed by atoms with Gasteiger partial charge in [-0.2, -0.15) is 0 Å². The lowest BCUT2D eigenvalue weighted by atomic mass is 10.3. The fraction of sp³-hybridized carbons (Fsp3) is 0.125. The average Bonchev–Trinajstić information content (AvgIpc) is 2.48. The summed E-state index contributed by atoms with van der Waals surface area (Å²) in [4.78, 5) is 23.0. The maximum atomic E-state index is 11.9. The number of hydrogen-bond acceptors (Lipinski definition) is 3. The fourth-order valence-electron chi connectivity index (χ4n) is 1.78. The van der Waals surface area contributed by atoms with E-state index in [9.17, 15) is 9.59 Å². The van der Waals surface area contributed by atoms with E-state index < -0.39 is 0 Å². The Labute approximate surface area is 133 Å². The average molecular weight is 319 g/mol. The second-order valence-corrected chi connectivity index (χ2v) is 4.90. The highest BCUT2D eigenvalue weighted by Crippen LogP contribution is 2.24. The largest absolute Gasteiger partial charge is 0.482 e. The molecule has 0 spiro atoms. The molecule has 6 heteroatoms. The van der Waals surface area contributed by atoms with E-state index in [4.69, 9.17) is 16.3 Å². The van der Waals surface area contributed by atoms with E-state index in [-0.39, 0.29) is 18.4 Å². The summed E-state index contributed by atoms with van der Waals surface area (Å²) < 4.78 is 5.44. The second-order valence-electron chi connectivity index (χ2n) is 4.49. The molecule has 0 atom stereocenters. The van der Waals surface area contributed by atoms with Crippen LogP contribution in [0.4, 0.5) is 11.4 Å². The van der Waals surface area contributed by atoms with E-state index in [1.54, 1.807) is 48.5 Å². The standard InChI is InChI=1S/C16H15ClN2O3/c1-11(20)18-14-8-4-5-9-15(14)22-10-16(21)19-13-7-3-2-6-12(13)17/h2-9H,10H2,1H3,(H,18,20)(H,19,21). The molecule has 0 heterocycles. The van der Waals surface area contributed by atoms with Crippen molar-refractivity contribution in [1.29, 1.82) is 0 Å². The summed E-state index contributed by atoms with van der Waals surface area (Å²) in [6.07, 6.45) is 0. The van der Waals surface area contributed by atoms with Gasteiger partial charge in [0.25, 0.3) is 5.91 Å². The molecule has 0 bridgehead atoms. The van der Waals surface area contributed by atoms with Gasteiger partial charge in [-0.25, -0.2) is 0 Å². The van der Waals surface area contributed by atoms with Gasteiger partial charge in [-0.3, -0.25) is 9.59 Å². The molecule has 2 rings (SSSR count). The quantitative estimate of drug-likeness (QED) is 0.888. The molecular formula is C16H15ClN2O3. The van der Waals surface area contributed by atoms with Crippen molar-refractivity contribution in [2.45, 2.75) is 6.92 Å². The van der Waals surface area contributed by atoms with Crippen molar-refractivity contribution in [3.8, 4) is 5.75 Å². The van der Waals surface area contributed by atoms with Crippen LogP contribution in [0.2, 0.25) is 5.02 Å². The number of rotatable bonds is 5. The van der Waals surface area contributed by atoms with Crippen LogP contribution < -0.4 is 15.4 Å². The first-order valence-corrected chi connectivity index (χ1v) is 6.98. The summed E-state index contributed by atoms with van der Waals surface area (Å²) in [7, 11) is 0. The van der Waals surface area contributed by atoms with Crippen LogP contribution in [0.1, 0.15) is 6.92 Å². The van der Waals surface area contributed by atoms with E-state index in [1.165, 1.54) is 6.92 Å². The summed E-state index contributed by atoms with van der Waals surface area (Å²) in [5, 5.41) is 5.75. The van der Waals surface area contributed by atoms with E-state index in [1.807, 2.05) is 0 Å². The van der Waals surface area contributed by atoms with Gasteiger partial charge in [0.1, 0.15) is 5.75 Å². The molecule has 2 amide bonds. The van der Waals surface area contributed by atoms with E-state index in [0.717, 1.165) is 0 Å². The minimum atomic E-state index is -0.342. The molecule has 5 nitrogen and oxygen atoms in total. The van der Waals surface area contributed by atoms with Crippen molar-refractivity contribution < 1.29 is 14.3 Å². The summed E-state index contributed by atoms with van der Waals surface area (Å²) in [5.74, 6) is -0.130. The second kappa shape index (κ2) is 7.47. The fourth-order valence-corrected chi connectivity index (χ4v) is 1.96. The number of ether oxygens (including phenoxy) is 1. The predicted molar refractivity (Wildman–Crippen MR) is 86.3 cm³/mol. The zero-order valence-electron chi connectivity index (χ0n) is 11.9. The monoisotopic (exact) mass is 318 g/mol. The summed E-state index contributed by atoms with van der Waals surface area (Å²) in [5.41, 5.74) is 1.04. The van der Waals surface area contributed by atoms with Crippen LogP contribution in [0.3, 0.4) is 0 Å². The van der Waals surface area contributed by atoms with Gasteiger partial charge in [0.15, 0.2) is 6.61 Å². The molecule has 2 aromatic rings. The Morgan fingerprint density at radius 1 is 1.00 bits per heavy atom. The number of benzene rings is 2. The Morgan fingerprint density at radius 2 is 1.64 bits per heavy atom. The minimum Gasteiger partial charge on any atom is -0.482 e. The predicted octanol–water partition coefficient (Wildman–Crippen LogP) is 3.32. The molecule has 0 aliphatic heterocycles. The summed E-state index contributed by atoms with van der Waals surface area (Å²) in [6, 6.07) is 13.8. The first-order chi connectivity index (χ1) is 10.6. The molecule has 0 aliphatic carbocycles. The third kappa shape index (κ3) is 4.49. The summed E-state index contributed by atoms with van der Waals surface area (Å²) in [6.45, 7) is 1.21. The lowest BCUT2D eigenvalue weighted by Crippen LogP contribution is -2.21. The van der Waals surface area contributed by atoms with Gasteiger partial charge in [0.2, 0.25) is 5.91 Å². The maximum Gasteiger partial charge on any atom is 0.262 e. The molecule has 0 radical (unpaired) electrons. The zero-order valence-corrected chi connectivity index (χ0v) is 12.7. The van der Waals surface area contributed by atoms with Gasteiger partial charge in [0, 0.05) is 6.92 Å². The van der Waals surface area contributed by atoms with Crippen LogP contribution in [0.15, 0.2) is 48.5 Å². The highest BCUT2D eigenvalue weighted by Gasteiger charge is 2.09. The van der Waals surface area contributed by atoms with Gasteiger partial charge in [-0.1, -0.05) is 35.9 Å². The smallest absolute Gasteiger partial charge is 0.262 e. The first-order valence-electron chi connectivity index (χ1n) is 6.60. The maximum absolute atomic E-state index is 11.9. The number of nitrogens with one attached hydrogen (secondary N) is 2. The molecule has 0 fully saturated rings. The number of hydrogen-bond donors (Lipinski definition) is 2. The SMILES string of the molecule is CC(=O)Nc1ccccc1OCC(=O)Nc1ccccc1Cl. The zero-order chi connectivity index (χ0) is 15.9. The molecule has 0 saturated carbocycles. The number of halogens is 1. The van der Waals surface area contributed by atoms with E-state index in [0.29, 0.717) is 22.1 Å². The van der Waals surface area contributed by atoms with Crippen molar-refractivity contribution >= 4 is 34.8 Å². The number of para-hydroxylation sites is 3. The van der Waals surface area contributed by atoms with E-state index >= 15 is 0 Å². The van der Waals surface area contributed by atoms with Crippen molar-refractivity contribution in [1.82, 2.24) is 0 Å². The van der Waals surface area contributed by atoms with Crippen molar-refractivity contribution in [2.75, 3.05) is 17.2 Å². The lowest BCUT2D eigenvalue weighted by Gasteiger charge is -2.12. The molecular weight excluding hydrogens is 304 g/mol. The van der Waals surface area contributed by atoms with Crippen molar-refractivity contribution in [3.63, 3.8) is 0 Å². The molecule has 0 aliphatic rings. The molecule has 114 valence electrons. The molecule has 2 aromatic carbocycles. The summed E-state index contributed by atoms with van der Waals surface area (Å²) >= 11 is 5.96. The van der Waals surface area contributed by atoms with Gasteiger partial charge in [-0.15, -0.1) is 0 Å². The van der Waals surface area contributed by atoms with Crippen LogP contribution in [-0.4, -0.2) is 18.4 Å². The molecule has 0 saturated heterocycles. The number of carbonyl (C=O) groups is 2. The first kappa shape index (κ1) is 15.9. The molecule has 0 unspecified atom stereocenters. The Morgan fingerprint density at radius 3 is 2.32 bits per heavy atom. The lowest BCUT2D eigenvalue weighted by molar-refractivity contribution is -0.118. The molecule has 0 aromatic heterocycles. The number of anilines is 2. The van der Waals surface area contributed by atoms with Crippen molar-refractivity contribution in [3.05, 3.63) is 53.6 Å². The Balaban J connectivity index is 1.97. The van der Waals surface area contributed by atoms with Gasteiger partial charge in [0.05, 0.1) is 16.4 Å². The molecule has 2 N–H and O–H groups in total. The van der Waals surface area contributed by atoms with Gasteiger partial charge >= 0.3 is 0 Å². The third-order valence-corrected chi connectivity index (χ3v) is 3.03. The van der Waals surface area contributed by atoms with Crippen LogP contribution in [0, 0.1) is 0 Å². The van der Waals surface area contributed by atoms with Gasteiger partial charge < -0.3 is 15.4 Å². The highest BCUT2D eigenvalue weighted by molar-refractivity contribution is 6.33. The van der Waals surface area contributed by atoms with Crippen LogP contribution in [0.25, 0.3) is 0 Å². The normalized spacial score (nSPS) is 9.91. The topological polar surface area (TPSA) is 67.4 Å². The Hall–Kier alpha value is -2.53. The van der Waals surface area contributed by atoms with E-state index in [2.05, 4.69) is 10.6 Å². The minimum absolute atomic E-state index is 0.193. The third-order valence-electron chi connectivity index (χ3n) is 2.70. The van der Waals surface area contributed by atoms with Crippen molar-refractivity contribution in [2.24, 2.45) is 0 Å². The number of carbonyl (C=O) groups excluding carboxylic acids is 2. The van der Waals surface area contributed by atoms with Gasteiger partial charge in [-0.05, 0) is 24.3 Å². The Bertz CT molecular complexity index is 689. The van der Waals surface area contributed by atoms with Crippen LogP contribution >= 0.6 is 11.6 Å². The highest BCUT2D eigenvalue weighted by atomic mass is 35.5. The van der Waals surface area contributed by atoms with Crippen LogP contribution in [-0.2, 0) is 9.59 Å². The van der Waals surface area contributed by atoms with Crippen LogP contribution in [0.5, 0.6) is 5.75 Å². The number of amides is 2. The molecule has 22 heavy (non-hydrogen) atoms.